The van der Waals surface area contributed by atoms with Crippen molar-refractivity contribution in [2.24, 2.45) is 5.73 Å². The summed E-state index contributed by atoms with van der Waals surface area (Å²) in [6, 6.07) is -0.0385. The van der Waals surface area contributed by atoms with E-state index in [-0.39, 0.29) is 22.2 Å². The molecule has 2 rings (SSSR count). The van der Waals surface area contributed by atoms with Crippen molar-refractivity contribution in [1.29, 1.82) is 0 Å². The molecule has 1 aliphatic rings. The first-order valence-corrected chi connectivity index (χ1v) is 5.00. The molecule has 1 aromatic heterocycles. The standard InChI is InChI=1S/C8H6ClN5O4/c9-7-6(14(17)18)5(10)4-1-3(13(15)16)2-11-8(4)12-7/h1-2,5H,10H2,(H,11,12). The number of nitrogens with one attached hydrogen (secondary N) is 1. The van der Waals surface area contributed by atoms with Gasteiger partial charge in [0, 0.05) is 11.6 Å². The third kappa shape index (κ3) is 1.85. The molecular formula is C8H6ClN5O4. The summed E-state index contributed by atoms with van der Waals surface area (Å²) in [5.74, 6) is 0.170. The van der Waals surface area contributed by atoms with Crippen molar-refractivity contribution in [3.05, 3.63) is 48.9 Å². The number of fused-ring (bicyclic) bond motifs is 1. The minimum Gasteiger partial charge on any atom is -0.325 e. The Labute approximate surface area is 105 Å². The number of hydrogen-bond donors (Lipinski definition) is 2. The van der Waals surface area contributed by atoms with Crippen molar-refractivity contribution in [1.82, 2.24) is 4.98 Å². The average molecular weight is 272 g/mol. The second kappa shape index (κ2) is 4.20. The quantitative estimate of drug-likeness (QED) is 0.466. The van der Waals surface area contributed by atoms with Gasteiger partial charge in [0.05, 0.1) is 9.85 Å². The molecule has 1 aromatic rings. The molecule has 0 aliphatic carbocycles. The van der Waals surface area contributed by atoms with Crippen molar-refractivity contribution >= 4 is 23.1 Å². The third-order valence-corrected chi connectivity index (χ3v) is 2.68. The number of halogens is 1. The fourth-order valence-electron chi connectivity index (χ4n) is 1.56. The molecular weight excluding hydrogens is 266 g/mol. The maximum atomic E-state index is 10.8. The van der Waals surface area contributed by atoms with E-state index in [9.17, 15) is 20.2 Å². The summed E-state index contributed by atoms with van der Waals surface area (Å²) in [5.41, 5.74) is 5.07. The molecule has 0 saturated heterocycles. The predicted octanol–water partition coefficient (Wildman–Crippen LogP) is 1.10. The molecule has 2 heterocycles. The van der Waals surface area contributed by atoms with Crippen molar-refractivity contribution in [2.45, 2.75) is 6.04 Å². The second-order valence-corrected chi connectivity index (χ2v) is 3.83. The number of nitro groups is 2. The van der Waals surface area contributed by atoms with Crippen molar-refractivity contribution in [2.75, 3.05) is 5.32 Å². The number of aromatic nitrogens is 1. The van der Waals surface area contributed by atoms with E-state index in [1.807, 2.05) is 0 Å². The molecule has 9 nitrogen and oxygen atoms in total. The van der Waals surface area contributed by atoms with Crippen LogP contribution in [0.25, 0.3) is 0 Å². The van der Waals surface area contributed by atoms with Crippen molar-refractivity contribution in [3.63, 3.8) is 0 Å². The van der Waals surface area contributed by atoms with E-state index in [1.165, 1.54) is 0 Å². The maximum absolute atomic E-state index is 10.8. The topological polar surface area (TPSA) is 137 Å². The number of hydrogen-bond acceptors (Lipinski definition) is 7. The van der Waals surface area contributed by atoms with Crippen LogP contribution in [0.15, 0.2) is 23.1 Å². The second-order valence-electron chi connectivity index (χ2n) is 3.45. The number of anilines is 1. The van der Waals surface area contributed by atoms with Crippen molar-refractivity contribution in [3.8, 4) is 0 Å². The van der Waals surface area contributed by atoms with Crippen LogP contribution >= 0.6 is 11.6 Å². The third-order valence-electron chi connectivity index (χ3n) is 2.39. The highest BCUT2D eigenvalue weighted by atomic mass is 35.5. The van der Waals surface area contributed by atoms with Crippen LogP contribution < -0.4 is 11.1 Å². The molecule has 1 unspecified atom stereocenters. The summed E-state index contributed by atoms with van der Waals surface area (Å²) < 4.78 is 0. The lowest BCUT2D eigenvalue weighted by Crippen LogP contribution is -2.26. The van der Waals surface area contributed by atoms with Crippen LogP contribution in [0.5, 0.6) is 0 Å². The smallest absolute Gasteiger partial charge is 0.302 e. The minimum absolute atomic E-state index is 0.153. The zero-order valence-electron chi connectivity index (χ0n) is 8.66. The Kier molecular flexibility index (Phi) is 2.85. The lowest BCUT2D eigenvalue weighted by molar-refractivity contribution is -0.431. The fourth-order valence-corrected chi connectivity index (χ4v) is 1.83. The van der Waals surface area contributed by atoms with Crippen LogP contribution in [0.2, 0.25) is 0 Å². The molecule has 0 saturated carbocycles. The van der Waals surface area contributed by atoms with Gasteiger partial charge in [0.15, 0.2) is 5.16 Å². The number of nitrogens with zero attached hydrogens (tertiary/aromatic N) is 3. The predicted molar refractivity (Wildman–Crippen MR) is 61.3 cm³/mol. The van der Waals surface area contributed by atoms with E-state index in [1.54, 1.807) is 0 Å². The van der Waals surface area contributed by atoms with E-state index in [2.05, 4.69) is 10.3 Å². The van der Waals surface area contributed by atoms with Gasteiger partial charge in [-0.3, -0.25) is 20.2 Å². The summed E-state index contributed by atoms with van der Waals surface area (Å²) in [5, 5.41) is 23.6. The molecule has 10 heteroatoms. The summed E-state index contributed by atoms with van der Waals surface area (Å²) in [7, 11) is 0. The molecule has 18 heavy (non-hydrogen) atoms. The lowest BCUT2D eigenvalue weighted by atomic mass is 10.0. The van der Waals surface area contributed by atoms with Gasteiger partial charge < -0.3 is 11.1 Å². The highest BCUT2D eigenvalue weighted by molar-refractivity contribution is 6.31. The van der Waals surface area contributed by atoms with Gasteiger partial charge in [-0.1, -0.05) is 11.6 Å². The Balaban J connectivity index is 2.54. The monoisotopic (exact) mass is 271 g/mol. The molecule has 1 atom stereocenters. The van der Waals surface area contributed by atoms with Crippen LogP contribution in [0, 0.1) is 20.2 Å². The molecule has 3 N–H and O–H groups in total. The number of pyridine rings is 1. The Morgan fingerprint density at radius 1 is 1.39 bits per heavy atom. The molecule has 0 aromatic carbocycles. The first-order valence-electron chi connectivity index (χ1n) is 4.63. The van der Waals surface area contributed by atoms with E-state index in [0.29, 0.717) is 0 Å². The SMILES string of the molecule is NC1C([N+](=O)[O-])=C(Cl)Nc2ncc([N+](=O)[O-])cc21. The molecule has 0 radical (unpaired) electrons. The van der Waals surface area contributed by atoms with Gasteiger partial charge in [-0.05, 0) is 0 Å². The average Bonchev–Trinajstić information content (AvgIpc) is 2.27. The van der Waals surface area contributed by atoms with Crippen molar-refractivity contribution < 1.29 is 9.85 Å². The molecule has 0 fully saturated rings. The summed E-state index contributed by atoms with van der Waals surface area (Å²) in [6.07, 6.45) is 1.01. The van der Waals surface area contributed by atoms with Gasteiger partial charge in [-0.2, -0.15) is 0 Å². The molecule has 0 bridgehead atoms. The van der Waals surface area contributed by atoms with Gasteiger partial charge in [0.2, 0.25) is 0 Å². The summed E-state index contributed by atoms with van der Waals surface area (Å²) >= 11 is 5.68. The summed E-state index contributed by atoms with van der Waals surface area (Å²) in [6.45, 7) is 0. The fraction of sp³-hybridized carbons (Fsp3) is 0.125. The highest BCUT2D eigenvalue weighted by Crippen LogP contribution is 2.35. The van der Waals surface area contributed by atoms with Gasteiger partial charge in [0.25, 0.3) is 5.69 Å². The Bertz CT molecular complexity index is 587. The van der Waals surface area contributed by atoms with Crippen LogP contribution in [-0.4, -0.2) is 14.8 Å². The minimum atomic E-state index is -1.17. The summed E-state index contributed by atoms with van der Waals surface area (Å²) in [4.78, 5) is 23.8. The van der Waals surface area contributed by atoms with E-state index in [0.717, 1.165) is 12.3 Å². The van der Waals surface area contributed by atoms with Crippen LogP contribution in [0.3, 0.4) is 0 Å². The number of rotatable bonds is 2. The van der Waals surface area contributed by atoms with Gasteiger partial charge in [0.1, 0.15) is 18.1 Å². The Morgan fingerprint density at radius 3 is 2.61 bits per heavy atom. The largest absolute Gasteiger partial charge is 0.325 e. The lowest BCUT2D eigenvalue weighted by Gasteiger charge is -2.20. The molecule has 94 valence electrons. The van der Waals surface area contributed by atoms with Gasteiger partial charge in [-0.15, -0.1) is 0 Å². The molecule has 0 spiro atoms. The normalized spacial score (nSPS) is 18.0. The van der Waals surface area contributed by atoms with Gasteiger partial charge in [-0.25, -0.2) is 4.98 Å². The molecule has 0 amide bonds. The molecule has 1 aliphatic heterocycles. The van der Waals surface area contributed by atoms with E-state index < -0.39 is 21.6 Å². The van der Waals surface area contributed by atoms with Crippen LogP contribution in [0.4, 0.5) is 11.5 Å². The van der Waals surface area contributed by atoms with Gasteiger partial charge >= 0.3 is 5.70 Å². The van der Waals surface area contributed by atoms with Crippen LogP contribution in [-0.2, 0) is 0 Å². The first-order chi connectivity index (χ1) is 8.41. The van der Waals surface area contributed by atoms with E-state index >= 15 is 0 Å². The zero-order valence-corrected chi connectivity index (χ0v) is 9.42. The maximum Gasteiger partial charge on any atom is 0.302 e. The zero-order chi connectivity index (χ0) is 13.4. The Hall–Kier alpha value is -2.26. The number of nitrogens with two attached hydrogens (primary N) is 1. The van der Waals surface area contributed by atoms with E-state index in [4.69, 9.17) is 17.3 Å². The Morgan fingerprint density at radius 2 is 2.06 bits per heavy atom. The first kappa shape index (κ1) is 12.2. The highest BCUT2D eigenvalue weighted by Gasteiger charge is 2.35. The van der Waals surface area contributed by atoms with Crippen LogP contribution in [0.1, 0.15) is 11.6 Å².